The molecule has 0 saturated carbocycles. The van der Waals surface area contributed by atoms with E-state index in [1.807, 2.05) is 13.8 Å². The summed E-state index contributed by atoms with van der Waals surface area (Å²) in [5, 5.41) is 2.63. The number of carbonyl (C=O) groups excluding carboxylic acids is 1. The highest BCUT2D eigenvalue weighted by Gasteiger charge is 2.20. The molecule has 1 amide bonds. The first-order valence-corrected chi connectivity index (χ1v) is 8.13. The molecule has 2 rings (SSSR count). The molecule has 2 aromatic carbocycles. The van der Waals surface area contributed by atoms with Crippen molar-refractivity contribution < 1.29 is 18.7 Å². The van der Waals surface area contributed by atoms with E-state index >= 15 is 0 Å². The number of ether oxygens (including phenoxy) is 2. The van der Waals surface area contributed by atoms with Crippen LogP contribution >= 0.6 is 0 Å². The smallest absolute Gasteiger partial charge is 0.241 e. The van der Waals surface area contributed by atoms with Crippen molar-refractivity contribution in [3.8, 4) is 17.2 Å². The van der Waals surface area contributed by atoms with Gasteiger partial charge in [-0.05, 0) is 30.2 Å². The molecule has 0 aromatic heterocycles. The van der Waals surface area contributed by atoms with E-state index in [-0.39, 0.29) is 17.6 Å². The molecule has 25 heavy (non-hydrogen) atoms. The van der Waals surface area contributed by atoms with E-state index in [1.54, 1.807) is 30.3 Å². The maximum absolute atomic E-state index is 14.3. The number of nitrogens with one attached hydrogen (secondary N) is 1. The van der Waals surface area contributed by atoms with Crippen molar-refractivity contribution >= 4 is 11.6 Å². The summed E-state index contributed by atoms with van der Waals surface area (Å²) in [4.78, 5) is 12.1. The SMILES string of the molecule is CCC(C)C(N)C(=O)Nc1ccc(Oc2ccccc2OC)c(F)c1. The number of nitrogens with two attached hydrogens (primary N) is 1. The molecule has 2 atom stereocenters. The minimum absolute atomic E-state index is 0.0359. The predicted molar refractivity (Wildman–Crippen MR) is 95.5 cm³/mol. The van der Waals surface area contributed by atoms with Gasteiger partial charge in [0.05, 0.1) is 13.2 Å². The molecule has 0 aliphatic rings. The van der Waals surface area contributed by atoms with Crippen molar-refractivity contribution in [2.45, 2.75) is 26.3 Å². The highest BCUT2D eigenvalue weighted by atomic mass is 19.1. The molecule has 0 saturated heterocycles. The van der Waals surface area contributed by atoms with Gasteiger partial charge in [0.25, 0.3) is 0 Å². The van der Waals surface area contributed by atoms with E-state index in [0.717, 1.165) is 6.42 Å². The Morgan fingerprint density at radius 2 is 1.88 bits per heavy atom. The van der Waals surface area contributed by atoms with Gasteiger partial charge < -0.3 is 20.5 Å². The van der Waals surface area contributed by atoms with E-state index in [0.29, 0.717) is 17.2 Å². The average molecular weight is 346 g/mol. The van der Waals surface area contributed by atoms with E-state index in [2.05, 4.69) is 5.32 Å². The number of hydrogen-bond acceptors (Lipinski definition) is 4. The van der Waals surface area contributed by atoms with Gasteiger partial charge in [0, 0.05) is 11.8 Å². The van der Waals surface area contributed by atoms with Gasteiger partial charge in [0.15, 0.2) is 23.1 Å². The van der Waals surface area contributed by atoms with E-state index < -0.39 is 11.9 Å². The number of halogens is 1. The highest BCUT2D eigenvalue weighted by molar-refractivity contribution is 5.94. The molecule has 0 aliphatic heterocycles. The third-order valence-electron chi connectivity index (χ3n) is 4.05. The average Bonchev–Trinajstić information content (AvgIpc) is 2.62. The Balaban J connectivity index is 2.11. The number of para-hydroxylation sites is 2. The zero-order valence-electron chi connectivity index (χ0n) is 14.6. The lowest BCUT2D eigenvalue weighted by Gasteiger charge is -2.18. The van der Waals surface area contributed by atoms with E-state index in [1.165, 1.54) is 19.2 Å². The lowest BCUT2D eigenvalue weighted by atomic mass is 9.99. The fourth-order valence-corrected chi connectivity index (χ4v) is 2.22. The summed E-state index contributed by atoms with van der Waals surface area (Å²) in [7, 11) is 1.51. The molecule has 0 fully saturated rings. The molecule has 134 valence electrons. The van der Waals surface area contributed by atoms with Crippen LogP contribution in [0.25, 0.3) is 0 Å². The molecular formula is C19H23FN2O3. The van der Waals surface area contributed by atoms with Gasteiger partial charge in [0.1, 0.15) is 0 Å². The number of carbonyl (C=O) groups is 1. The van der Waals surface area contributed by atoms with Gasteiger partial charge >= 0.3 is 0 Å². The number of hydrogen-bond donors (Lipinski definition) is 2. The maximum Gasteiger partial charge on any atom is 0.241 e. The van der Waals surface area contributed by atoms with Crippen molar-refractivity contribution in [2.75, 3.05) is 12.4 Å². The fourth-order valence-electron chi connectivity index (χ4n) is 2.22. The summed E-state index contributed by atoms with van der Waals surface area (Å²) >= 11 is 0. The predicted octanol–water partition coefficient (Wildman–Crippen LogP) is 3.94. The normalized spacial score (nSPS) is 13.0. The fraction of sp³-hybridized carbons (Fsp3) is 0.316. The minimum atomic E-state index is -0.641. The third-order valence-corrected chi connectivity index (χ3v) is 4.05. The van der Waals surface area contributed by atoms with Crippen LogP contribution in [0.2, 0.25) is 0 Å². The standard InChI is InChI=1S/C19H23FN2O3/c1-4-12(2)18(21)19(23)22-13-9-10-15(14(20)11-13)25-17-8-6-5-7-16(17)24-3/h5-12,18H,4,21H2,1-3H3,(H,22,23). The first kappa shape index (κ1) is 18.7. The van der Waals surface area contributed by atoms with Gasteiger partial charge in [-0.1, -0.05) is 32.4 Å². The van der Waals surface area contributed by atoms with Crippen molar-refractivity contribution in [1.82, 2.24) is 0 Å². The van der Waals surface area contributed by atoms with Crippen LogP contribution in [-0.4, -0.2) is 19.1 Å². The largest absolute Gasteiger partial charge is 0.493 e. The first-order chi connectivity index (χ1) is 12.0. The molecule has 2 aromatic rings. The molecule has 0 radical (unpaired) electrons. The van der Waals surface area contributed by atoms with Gasteiger partial charge in [-0.25, -0.2) is 4.39 Å². The molecule has 0 heterocycles. The number of benzene rings is 2. The summed E-state index contributed by atoms with van der Waals surface area (Å²) in [5.41, 5.74) is 6.20. The van der Waals surface area contributed by atoms with Crippen LogP contribution in [0.1, 0.15) is 20.3 Å². The van der Waals surface area contributed by atoms with Crippen LogP contribution < -0.4 is 20.5 Å². The van der Waals surface area contributed by atoms with Crippen LogP contribution in [0.5, 0.6) is 17.2 Å². The van der Waals surface area contributed by atoms with Crippen LogP contribution in [0, 0.1) is 11.7 Å². The molecule has 2 unspecified atom stereocenters. The quantitative estimate of drug-likeness (QED) is 0.796. The molecule has 6 heteroatoms. The topological polar surface area (TPSA) is 73.6 Å². The van der Waals surface area contributed by atoms with Gasteiger partial charge in [-0.15, -0.1) is 0 Å². The van der Waals surface area contributed by atoms with E-state index in [4.69, 9.17) is 15.2 Å². The lowest BCUT2D eigenvalue weighted by molar-refractivity contribution is -0.118. The van der Waals surface area contributed by atoms with Gasteiger partial charge in [-0.2, -0.15) is 0 Å². The Labute approximate surface area is 146 Å². The number of methoxy groups -OCH3 is 1. The van der Waals surface area contributed by atoms with Gasteiger partial charge in [-0.3, -0.25) is 4.79 Å². The molecule has 5 nitrogen and oxygen atoms in total. The first-order valence-electron chi connectivity index (χ1n) is 8.13. The van der Waals surface area contributed by atoms with Crippen LogP contribution in [0.4, 0.5) is 10.1 Å². The van der Waals surface area contributed by atoms with E-state index in [9.17, 15) is 9.18 Å². The zero-order valence-corrected chi connectivity index (χ0v) is 14.6. The Kier molecular flexibility index (Phi) is 6.36. The summed E-state index contributed by atoms with van der Waals surface area (Å²) < 4.78 is 25.0. The molecular weight excluding hydrogens is 323 g/mol. The molecule has 0 aliphatic carbocycles. The minimum Gasteiger partial charge on any atom is -0.493 e. The van der Waals surface area contributed by atoms with Crippen LogP contribution in [0.3, 0.4) is 0 Å². The van der Waals surface area contributed by atoms with Crippen LogP contribution in [-0.2, 0) is 4.79 Å². The van der Waals surface area contributed by atoms with Crippen molar-refractivity contribution in [3.63, 3.8) is 0 Å². The monoisotopic (exact) mass is 346 g/mol. The summed E-state index contributed by atoms with van der Waals surface area (Å²) in [6, 6.07) is 10.5. The Bertz CT molecular complexity index is 736. The summed E-state index contributed by atoms with van der Waals surface area (Å²) in [5.74, 6) is 0.0398. The Hall–Kier alpha value is -2.60. The van der Waals surface area contributed by atoms with Crippen molar-refractivity contribution in [1.29, 1.82) is 0 Å². The van der Waals surface area contributed by atoms with Gasteiger partial charge in [0.2, 0.25) is 5.91 Å². The van der Waals surface area contributed by atoms with Crippen LogP contribution in [0.15, 0.2) is 42.5 Å². The third kappa shape index (κ3) is 4.70. The second-order valence-electron chi connectivity index (χ2n) is 5.80. The number of amides is 1. The summed E-state index contributed by atoms with van der Waals surface area (Å²) in [6.45, 7) is 3.86. The van der Waals surface area contributed by atoms with Crippen molar-refractivity contribution in [2.24, 2.45) is 11.7 Å². The number of anilines is 1. The second kappa shape index (κ2) is 8.48. The van der Waals surface area contributed by atoms with Crippen molar-refractivity contribution in [3.05, 3.63) is 48.3 Å². The number of rotatable bonds is 7. The second-order valence-corrected chi connectivity index (χ2v) is 5.80. The Morgan fingerprint density at radius 3 is 2.48 bits per heavy atom. The Morgan fingerprint density at radius 1 is 1.20 bits per heavy atom. The lowest BCUT2D eigenvalue weighted by Crippen LogP contribution is -2.40. The molecule has 0 spiro atoms. The molecule has 3 N–H and O–H groups in total. The summed E-state index contributed by atoms with van der Waals surface area (Å²) in [6.07, 6.45) is 0.786. The molecule has 0 bridgehead atoms. The highest BCUT2D eigenvalue weighted by Crippen LogP contribution is 2.33. The maximum atomic E-state index is 14.3. The zero-order chi connectivity index (χ0) is 18.4.